The normalized spacial score (nSPS) is 25.7. The Hall–Kier alpha value is -1.68. The van der Waals surface area contributed by atoms with Gasteiger partial charge >= 0.3 is 5.69 Å². The summed E-state index contributed by atoms with van der Waals surface area (Å²) < 4.78 is 28.3. The van der Waals surface area contributed by atoms with Crippen LogP contribution >= 0.6 is 8.53 Å². The van der Waals surface area contributed by atoms with Crippen LogP contribution in [0, 0.1) is 11.3 Å². The number of H-pyrrole nitrogens is 1. The SMILES string of the molecule is COC1C(OP(OCCC#N)N(C(C)C)C(C)C)[C@@H](CON2CCCCC2)O[C@H]1n1ccc(=O)[nH]c1=O. The largest absolute Gasteiger partial charge is 0.374 e. The number of nitriles is 1. The Balaban J connectivity index is 1.90. The molecule has 3 heterocycles. The second kappa shape index (κ2) is 14.5. The van der Waals surface area contributed by atoms with Gasteiger partial charge in [0.2, 0.25) is 0 Å². The standard InChI is InChI=1S/C24H40N5O7P/c1-17(2)29(18(3)4)37(34-15-9-11-25)36-21-19(16-33-27-12-7-6-8-13-27)35-23(22(21)32-5)28-14-10-20(30)26-24(28)31/h10,14,17-19,21-23H,6-9,12-13,15-16H2,1-5H3,(H,26,30,31)/t19-,21?,22?,23-,37?/m1/s1. The highest BCUT2D eigenvalue weighted by atomic mass is 31.2. The molecule has 208 valence electrons. The first-order valence-corrected chi connectivity index (χ1v) is 14.0. The molecular weight excluding hydrogens is 501 g/mol. The van der Waals surface area contributed by atoms with E-state index in [2.05, 4.69) is 43.4 Å². The average molecular weight is 542 g/mol. The van der Waals surface area contributed by atoms with Gasteiger partial charge in [-0.3, -0.25) is 19.2 Å². The van der Waals surface area contributed by atoms with Crippen molar-refractivity contribution in [3.8, 4) is 6.07 Å². The summed E-state index contributed by atoms with van der Waals surface area (Å²) >= 11 is 0. The first-order valence-electron chi connectivity index (χ1n) is 12.9. The van der Waals surface area contributed by atoms with Gasteiger partial charge in [0.05, 0.1) is 25.7 Å². The lowest BCUT2D eigenvalue weighted by Crippen LogP contribution is -2.42. The van der Waals surface area contributed by atoms with E-state index in [1.807, 2.05) is 5.06 Å². The molecule has 13 heteroatoms. The summed E-state index contributed by atoms with van der Waals surface area (Å²) in [7, 11) is -0.0715. The van der Waals surface area contributed by atoms with E-state index in [-0.39, 0.29) is 31.7 Å². The number of nitrogens with zero attached hydrogens (tertiary/aromatic N) is 4. The molecular formula is C24H40N5O7P. The molecule has 2 fully saturated rings. The predicted molar refractivity (Wildman–Crippen MR) is 137 cm³/mol. The third-order valence-electron chi connectivity index (χ3n) is 6.29. The smallest absolute Gasteiger partial charge is 0.330 e. The maximum absolute atomic E-state index is 12.6. The van der Waals surface area contributed by atoms with Gasteiger partial charge in [-0.15, -0.1) is 0 Å². The minimum atomic E-state index is -1.60. The topological polar surface area (TPSA) is 131 Å². The lowest BCUT2D eigenvalue weighted by atomic mass is 10.1. The Bertz CT molecular complexity index is 983. The highest BCUT2D eigenvalue weighted by Gasteiger charge is 2.50. The van der Waals surface area contributed by atoms with Crippen molar-refractivity contribution in [3.63, 3.8) is 0 Å². The molecule has 12 nitrogen and oxygen atoms in total. The molecule has 3 unspecified atom stereocenters. The number of nitrogens with one attached hydrogen (secondary N) is 1. The predicted octanol–water partition coefficient (Wildman–Crippen LogP) is 2.53. The fourth-order valence-corrected chi connectivity index (χ4v) is 6.41. The van der Waals surface area contributed by atoms with Crippen LogP contribution in [0.1, 0.15) is 59.6 Å². The summed E-state index contributed by atoms with van der Waals surface area (Å²) in [5.74, 6) is 0. The van der Waals surface area contributed by atoms with E-state index in [9.17, 15) is 9.59 Å². The summed E-state index contributed by atoms with van der Waals surface area (Å²) in [6, 6.07) is 3.59. The summed E-state index contributed by atoms with van der Waals surface area (Å²) in [5.41, 5.74) is -1.10. The van der Waals surface area contributed by atoms with Gasteiger partial charge in [-0.1, -0.05) is 6.42 Å². The van der Waals surface area contributed by atoms with Crippen molar-refractivity contribution in [2.45, 2.75) is 90.0 Å². The summed E-state index contributed by atoms with van der Waals surface area (Å²) in [6.07, 6.45) is 2.17. The second-order valence-electron chi connectivity index (χ2n) is 9.68. The molecule has 0 aromatic carbocycles. The molecule has 0 bridgehead atoms. The summed E-state index contributed by atoms with van der Waals surface area (Å²) in [4.78, 5) is 32.6. The van der Waals surface area contributed by atoms with Crippen molar-refractivity contribution in [2.75, 3.05) is 33.4 Å². The first kappa shape index (κ1) is 29.9. The van der Waals surface area contributed by atoms with Crippen LogP contribution in [0.25, 0.3) is 0 Å². The second-order valence-corrected chi connectivity index (χ2v) is 11.1. The molecule has 1 aromatic heterocycles. The van der Waals surface area contributed by atoms with Crippen molar-refractivity contribution >= 4 is 8.53 Å². The highest BCUT2D eigenvalue weighted by molar-refractivity contribution is 7.44. The minimum Gasteiger partial charge on any atom is -0.374 e. The van der Waals surface area contributed by atoms with E-state index in [4.69, 9.17) is 28.6 Å². The van der Waals surface area contributed by atoms with Gasteiger partial charge in [0.25, 0.3) is 14.1 Å². The number of hydrogen-bond acceptors (Lipinski definition) is 10. The van der Waals surface area contributed by atoms with Crippen LogP contribution in [0.2, 0.25) is 0 Å². The van der Waals surface area contributed by atoms with Gasteiger partial charge in [-0.2, -0.15) is 10.3 Å². The van der Waals surface area contributed by atoms with E-state index in [1.165, 1.54) is 30.4 Å². The number of hydrogen-bond donors (Lipinski definition) is 1. The summed E-state index contributed by atoms with van der Waals surface area (Å²) in [6.45, 7) is 10.3. The quantitative estimate of drug-likeness (QED) is 0.294. The van der Waals surface area contributed by atoms with Crippen LogP contribution in [0.5, 0.6) is 0 Å². The van der Waals surface area contributed by atoms with Gasteiger partial charge < -0.3 is 18.5 Å². The number of aromatic nitrogens is 2. The molecule has 0 aliphatic carbocycles. The van der Waals surface area contributed by atoms with Gasteiger partial charge in [-0.25, -0.2) is 9.46 Å². The van der Waals surface area contributed by atoms with Crippen molar-refractivity contribution < 1.29 is 23.4 Å². The van der Waals surface area contributed by atoms with Crippen LogP contribution < -0.4 is 11.2 Å². The molecule has 3 rings (SSSR count). The fraction of sp³-hybridized carbons (Fsp3) is 0.792. The lowest BCUT2D eigenvalue weighted by molar-refractivity contribution is -0.199. The maximum Gasteiger partial charge on any atom is 0.330 e. The van der Waals surface area contributed by atoms with Gasteiger partial charge in [0.15, 0.2) is 6.23 Å². The third kappa shape index (κ3) is 7.91. The number of rotatable bonds is 13. The molecule has 2 aliphatic heterocycles. The fourth-order valence-electron chi connectivity index (χ4n) is 4.64. The van der Waals surface area contributed by atoms with Crippen LogP contribution in [0.15, 0.2) is 21.9 Å². The number of ether oxygens (including phenoxy) is 2. The van der Waals surface area contributed by atoms with Crippen LogP contribution in [-0.2, 0) is 23.4 Å². The molecule has 5 atom stereocenters. The third-order valence-corrected chi connectivity index (χ3v) is 8.42. The van der Waals surface area contributed by atoms with Crippen LogP contribution in [-0.4, -0.2) is 83.1 Å². The molecule has 0 amide bonds. The Morgan fingerprint density at radius 3 is 2.49 bits per heavy atom. The van der Waals surface area contributed by atoms with Crippen LogP contribution in [0.3, 0.4) is 0 Å². The van der Waals surface area contributed by atoms with Crippen molar-refractivity contribution in [2.24, 2.45) is 0 Å². The maximum atomic E-state index is 12.6. The van der Waals surface area contributed by atoms with E-state index in [0.29, 0.717) is 0 Å². The Morgan fingerprint density at radius 1 is 1.19 bits per heavy atom. The van der Waals surface area contributed by atoms with E-state index < -0.39 is 44.3 Å². The van der Waals surface area contributed by atoms with Crippen molar-refractivity contribution in [1.29, 1.82) is 5.26 Å². The molecule has 1 aromatic rings. The van der Waals surface area contributed by atoms with E-state index in [1.54, 1.807) is 0 Å². The molecule has 2 aliphatic rings. The highest BCUT2D eigenvalue weighted by Crippen LogP contribution is 2.50. The Morgan fingerprint density at radius 2 is 1.89 bits per heavy atom. The van der Waals surface area contributed by atoms with Crippen molar-refractivity contribution in [3.05, 3.63) is 33.1 Å². The molecule has 0 radical (unpaired) electrons. The molecule has 1 N–H and O–H groups in total. The molecule has 0 saturated carbocycles. The molecule has 37 heavy (non-hydrogen) atoms. The Kier molecular flexibility index (Phi) is 11.7. The zero-order valence-electron chi connectivity index (χ0n) is 22.4. The number of aromatic amines is 1. The number of methoxy groups -OCH3 is 1. The minimum absolute atomic E-state index is 0.108. The summed E-state index contributed by atoms with van der Waals surface area (Å²) in [5, 5.41) is 11.0. The zero-order valence-corrected chi connectivity index (χ0v) is 23.3. The van der Waals surface area contributed by atoms with E-state index >= 15 is 0 Å². The Labute approximate surface area is 219 Å². The van der Waals surface area contributed by atoms with Crippen LogP contribution in [0.4, 0.5) is 0 Å². The van der Waals surface area contributed by atoms with Gasteiger partial charge in [0.1, 0.15) is 18.3 Å². The first-order chi connectivity index (χ1) is 17.8. The molecule has 2 saturated heterocycles. The van der Waals surface area contributed by atoms with Gasteiger partial charge in [0, 0.05) is 44.5 Å². The van der Waals surface area contributed by atoms with E-state index in [0.717, 1.165) is 25.9 Å². The number of piperidine rings is 1. The lowest BCUT2D eigenvalue weighted by Gasteiger charge is -2.38. The van der Waals surface area contributed by atoms with Gasteiger partial charge in [-0.05, 0) is 40.5 Å². The monoisotopic (exact) mass is 541 g/mol. The zero-order chi connectivity index (χ0) is 26.9. The molecule has 0 spiro atoms. The van der Waals surface area contributed by atoms with Crippen molar-refractivity contribution in [1.82, 2.24) is 19.3 Å². The number of hydroxylamine groups is 2. The average Bonchev–Trinajstić information content (AvgIpc) is 3.19.